The lowest BCUT2D eigenvalue weighted by Crippen LogP contribution is -2.40. The molecule has 7 heteroatoms. The highest BCUT2D eigenvalue weighted by atomic mass is 16.2. The van der Waals surface area contributed by atoms with E-state index in [4.69, 9.17) is 0 Å². The van der Waals surface area contributed by atoms with Gasteiger partial charge in [0.15, 0.2) is 0 Å². The van der Waals surface area contributed by atoms with Gasteiger partial charge in [-0.2, -0.15) is 0 Å². The summed E-state index contributed by atoms with van der Waals surface area (Å²) in [6.07, 6.45) is 11.5. The van der Waals surface area contributed by atoms with Crippen molar-refractivity contribution in [3.63, 3.8) is 0 Å². The van der Waals surface area contributed by atoms with E-state index in [1.54, 1.807) is 18.7 Å². The van der Waals surface area contributed by atoms with Gasteiger partial charge < -0.3 is 14.8 Å². The molecule has 0 aromatic carbocycles. The molecule has 0 radical (unpaired) electrons. The number of hydrogen-bond acceptors (Lipinski definition) is 4. The molecule has 3 heterocycles. The fourth-order valence-corrected chi connectivity index (χ4v) is 4.44. The highest BCUT2D eigenvalue weighted by molar-refractivity contribution is 5.94. The third-order valence-corrected chi connectivity index (χ3v) is 6.14. The molecule has 1 aliphatic heterocycles. The number of carbonyl (C=O) groups is 2. The third-order valence-electron chi connectivity index (χ3n) is 6.14. The molecule has 1 N–H and O–H groups in total. The van der Waals surface area contributed by atoms with Gasteiger partial charge in [0.05, 0.1) is 18.1 Å². The minimum atomic E-state index is -0.0378. The molecule has 2 aromatic heterocycles. The first kappa shape index (κ1) is 19.6. The molecular weight excluding hydrogens is 366 g/mol. The quantitative estimate of drug-likeness (QED) is 0.844. The van der Waals surface area contributed by atoms with Gasteiger partial charge in [-0.1, -0.05) is 12.8 Å². The number of imidazole rings is 1. The Balaban J connectivity index is 1.40. The molecule has 1 atom stereocenters. The fraction of sp³-hybridized carbons (Fsp3) is 0.545. The van der Waals surface area contributed by atoms with E-state index < -0.39 is 0 Å². The summed E-state index contributed by atoms with van der Waals surface area (Å²) in [6.45, 7) is 4.14. The molecule has 2 amide bonds. The van der Waals surface area contributed by atoms with Gasteiger partial charge in [-0.25, -0.2) is 4.98 Å². The molecule has 2 fully saturated rings. The zero-order valence-corrected chi connectivity index (χ0v) is 17.0. The molecule has 2 aliphatic rings. The molecule has 0 bridgehead atoms. The van der Waals surface area contributed by atoms with Crippen LogP contribution < -0.4 is 5.32 Å². The molecule has 29 heavy (non-hydrogen) atoms. The zero-order valence-electron chi connectivity index (χ0n) is 17.0. The molecular formula is C22H29N5O2. The first-order valence-corrected chi connectivity index (χ1v) is 10.7. The van der Waals surface area contributed by atoms with Crippen LogP contribution in [0.25, 0.3) is 0 Å². The van der Waals surface area contributed by atoms with Gasteiger partial charge in [0.1, 0.15) is 5.69 Å². The molecule has 1 saturated carbocycles. The summed E-state index contributed by atoms with van der Waals surface area (Å²) in [5, 5.41) is 3.10. The van der Waals surface area contributed by atoms with Crippen molar-refractivity contribution in [1.29, 1.82) is 0 Å². The molecule has 1 unspecified atom stereocenters. The van der Waals surface area contributed by atoms with Crippen molar-refractivity contribution in [1.82, 2.24) is 24.8 Å². The summed E-state index contributed by atoms with van der Waals surface area (Å²) in [6, 6.07) is 4.11. The largest absolute Gasteiger partial charge is 0.349 e. The standard InChI is InChI=1S/C22H29N5O2/c1-2-26-15-23-13-20(26)22(29)27-11-5-6-17(14-27)19-10-9-16(12-24-19)21(28)25-18-7-3-4-8-18/h9-10,12-13,15,17-18H,2-8,11,14H2,1H3,(H,25,28). The van der Waals surface area contributed by atoms with E-state index in [1.165, 1.54) is 12.8 Å². The summed E-state index contributed by atoms with van der Waals surface area (Å²) < 4.78 is 1.88. The average Bonchev–Trinajstić information content (AvgIpc) is 3.45. The van der Waals surface area contributed by atoms with Crippen molar-refractivity contribution < 1.29 is 9.59 Å². The fourth-order valence-electron chi connectivity index (χ4n) is 4.44. The Labute approximate surface area is 171 Å². The minimum Gasteiger partial charge on any atom is -0.349 e. The van der Waals surface area contributed by atoms with Crippen LogP contribution in [0.2, 0.25) is 0 Å². The van der Waals surface area contributed by atoms with Gasteiger partial charge >= 0.3 is 0 Å². The number of rotatable bonds is 5. The number of nitrogens with one attached hydrogen (secondary N) is 1. The highest BCUT2D eigenvalue weighted by Crippen LogP contribution is 2.27. The maximum absolute atomic E-state index is 12.9. The van der Waals surface area contributed by atoms with Crippen molar-refractivity contribution >= 4 is 11.8 Å². The Bertz CT molecular complexity index is 854. The number of aryl methyl sites for hydroxylation is 1. The first-order chi connectivity index (χ1) is 14.2. The second kappa shape index (κ2) is 8.76. The Morgan fingerprint density at radius 1 is 1.14 bits per heavy atom. The summed E-state index contributed by atoms with van der Waals surface area (Å²) in [5.74, 6) is 0.184. The second-order valence-corrected chi connectivity index (χ2v) is 8.08. The average molecular weight is 396 g/mol. The highest BCUT2D eigenvalue weighted by Gasteiger charge is 2.28. The van der Waals surface area contributed by atoms with Crippen molar-refractivity contribution in [2.24, 2.45) is 0 Å². The summed E-state index contributed by atoms with van der Waals surface area (Å²) in [4.78, 5) is 35.9. The Hall–Kier alpha value is -2.70. The second-order valence-electron chi connectivity index (χ2n) is 8.08. The number of nitrogens with zero attached hydrogens (tertiary/aromatic N) is 4. The molecule has 0 spiro atoms. The molecule has 154 valence electrons. The van der Waals surface area contributed by atoms with E-state index in [1.807, 2.05) is 28.5 Å². The van der Waals surface area contributed by atoms with Gasteiger partial charge in [0.2, 0.25) is 0 Å². The number of hydrogen-bond donors (Lipinski definition) is 1. The van der Waals surface area contributed by atoms with Crippen molar-refractivity contribution in [2.75, 3.05) is 13.1 Å². The van der Waals surface area contributed by atoms with Crippen molar-refractivity contribution in [3.8, 4) is 0 Å². The molecule has 7 nitrogen and oxygen atoms in total. The van der Waals surface area contributed by atoms with Crippen LogP contribution in [0.5, 0.6) is 0 Å². The Morgan fingerprint density at radius 2 is 1.97 bits per heavy atom. The Kier molecular flexibility index (Phi) is 5.92. The smallest absolute Gasteiger partial charge is 0.272 e. The number of carbonyl (C=O) groups excluding carboxylic acids is 2. The van der Waals surface area contributed by atoms with E-state index >= 15 is 0 Å². The van der Waals surface area contributed by atoms with E-state index in [-0.39, 0.29) is 17.7 Å². The molecule has 2 aromatic rings. The van der Waals surface area contributed by atoms with Crippen molar-refractivity contribution in [2.45, 2.75) is 64.0 Å². The van der Waals surface area contributed by atoms with E-state index in [9.17, 15) is 9.59 Å². The minimum absolute atomic E-state index is 0.0293. The van der Waals surface area contributed by atoms with Crippen LogP contribution in [0.15, 0.2) is 30.9 Å². The molecule has 4 rings (SSSR count). The lowest BCUT2D eigenvalue weighted by atomic mass is 9.93. The number of likely N-dealkylation sites (tertiary alicyclic amines) is 1. The van der Waals surface area contributed by atoms with Crippen LogP contribution in [-0.2, 0) is 6.54 Å². The van der Waals surface area contributed by atoms with Crippen LogP contribution in [-0.4, -0.2) is 50.4 Å². The normalized spacial score (nSPS) is 20.0. The summed E-state index contributed by atoms with van der Waals surface area (Å²) >= 11 is 0. The first-order valence-electron chi connectivity index (χ1n) is 10.7. The number of pyridine rings is 1. The van der Waals surface area contributed by atoms with Crippen LogP contribution in [0.4, 0.5) is 0 Å². The number of aromatic nitrogens is 3. The zero-order chi connectivity index (χ0) is 20.2. The van der Waals surface area contributed by atoms with E-state index in [2.05, 4.69) is 15.3 Å². The van der Waals surface area contributed by atoms with Gasteiger partial charge in [0.25, 0.3) is 11.8 Å². The molecule has 1 aliphatic carbocycles. The van der Waals surface area contributed by atoms with Gasteiger partial charge in [0, 0.05) is 43.5 Å². The predicted octanol–water partition coefficient (Wildman–Crippen LogP) is 2.99. The van der Waals surface area contributed by atoms with Crippen LogP contribution in [0, 0.1) is 0 Å². The summed E-state index contributed by atoms with van der Waals surface area (Å²) in [5.41, 5.74) is 2.19. The number of amides is 2. The van der Waals surface area contributed by atoms with E-state index in [0.29, 0.717) is 23.8 Å². The SMILES string of the molecule is CCn1cncc1C(=O)N1CCCC(c2ccc(C(=O)NC3CCCC3)cn2)C1. The maximum Gasteiger partial charge on any atom is 0.272 e. The van der Waals surface area contributed by atoms with Crippen molar-refractivity contribution in [3.05, 3.63) is 47.8 Å². The van der Waals surface area contributed by atoms with Crippen LogP contribution in [0.1, 0.15) is 77.9 Å². The van der Waals surface area contributed by atoms with Gasteiger partial charge in [-0.3, -0.25) is 14.6 Å². The van der Waals surface area contributed by atoms with Gasteiger partial charge in [-0.15, -0.1) is 0 Å². The van der Waals surface area contributed by atoms with Crippen LogP contribution in [0.3, 0.4) is 0 Å². The monoisotopic (exact) mass is 395 g/mol. The topological polar surface area (TPSA) is 80.1 Å². The maximum atomic E-state index is 12.9. The van der Waals surface area contributed by atoms with E-state index in [0.717, 1.165) is 44.5 Å². The van der Waals surface area contributed by atoms with Gasteiger partial charge in [-0.05, 0) is 44.7 Å². The predicted molar refractivity (Wildman–Crippen MR) is 110 cm³/mol. The Morgan fingerprint density at radius 3 is 2.69 bits per heavy atom. The third kappa shape index (κ3) is 4.33. The molecule has 1 saturated heterocycles. The lowest BCUT2D eigenvalue weighted by molar-refractivity contribution is 0.0695. The summed E-state index contributed by atoms with van der Waals surface area (Å²) in [7, 11) is 0. The number of piperidine rings is 1. The lowest BCUT2D eigenvalue weighted by Gasteiger charge is -2.32. The van der Waals surface area contributed by atoms with Crippen LogP contribution >= 0.6 is 0 Å².